The lowest BCUT2D eigenvalue weighted by molar-refractivity contribution is 0.0332. The van der Waals surface area contributed by atoms with E-state index in [0.717, 1.165) is 0 Å². The Balaban J connectivity index is 1.85. The van der Waals surface area contributed by atoms with Crippen LogP contribution < -0.4 is 0 Å². The summed E-state index contributed by atoms with van der Waals surface area (Å²) in [6.07, 6.45) is 0.715. The minimum atomic E-state index is -0.820. The van der Waals surface area contributed by atoms with Crippen LogP contribution in [0.5, 0.6) is 0 Å². The Morgan fingerprint density at radius 2 is 2.09 bits per heavy atom. The number of fused-ring (bicyclic) bond motifs is 1. The van der Waals surface area contributed by atoms with Crippen molar-refractivity contribution in [1.82, 2.24) is 9.97 Å². The summed E-state index contributed by atoms with van der Waals surface area (Å²) in [5.41, 5.74) is 1.25. The van der Waals surface area contributed by atoms with Crippen LogP contribution in [0.1, 0.15) is 28.9 Å². The average Bonchev–Trinajstić information content (AvgIpc) is 2.93. The normalized spacial score (nSPS) is 12.3. The highest BCUT2D eigenvalue weighted by Crippen LogP contribution is 2.22. The number of hydrogen-bond donors (Lipinski definition) is 1. The maximum atomic E-state index is 14.0. The summed E-state index contributed by atoms with van der Waals surface area (Å²) in [6, 6.07) is 8.22. The van der Waals surface area contributed by atoms with Gasteiger partial charge < -0.3 is 9.72 Å². The first-order valence-electron chi connectivity index (χ1n) is 6.63. The fourth-order valence-electron chi connectivity index (χ4n) is 2.16. The molecule has 0 fully saturated rings. The van der Waals surface area contributed by atoms with Crippen molar-refractivity contribution in [2.45, 2.75) is 13.0 Å². The van der Waals surface area contributed by atoms with Crippen LogP contribution in [-0.4, -0.2) is 15.9 Å². The Kier molecular flexibility index (Phi) is 3.58. The first-order valence-corrected chi connectivity index (χ1v) is 6.63. The van der Waals surface area contributed by atoms with E-state index in [4.69, 9.17) is 4.74 Å². The fraction of sp³-hybridized carbons (Fsp3) is 0.125. The molecule has 4 nitrogen and oxygen atoms in total. The number of imidazole rings is 1. The molecule has 0 unspecified atom stereocenters. The molecule has 2 aromatic carbocycles. The molecule has 0 radical (unpaired) electrons. The second-order valence-corrected chi connectivity index (χ2v) is 4.85. The van der Waals surface area contributed by atoms with Gasteiger partial charge in [-0.05, 0) is 30.7 Å². The maximum absolute atomic E-state index is 14.0. The zero-order chi connectivity index (χ0) is 15.7. The second kappa shape index (κ2) is 5.55. The number of aromatic amines is 1. The number of esters is 1. The number of H-pyrrole nitrogens is 1. The number of benzene rings is 2. The third-order valence-electron chi connectivity index (χ3n) is 3.33. The molecule has 1 aromatic heterocycles. The van der Waals surface area contributed by atoms with E-state index in [2.05, 4.69) is 9.97 Å². The van der Waals surface area contributed by atoms with Crippen LogP contribution in [-0.2, 0) is 4.74 Å². The number of rotatable bonds is 3. The molecule has 1 atom stereocenters. The molecule has 0 saturated heterocycles. The predicted octanol–water partition coefficient (Wildman–Crippen LogP) is 3.76. The Morgan fingerprint density at radius 1 is 1.27 bits per heavy atom. The van der Waals surface area contributed by atoms with Crippen LogP contribution in [0.4, 0.5) is 8.78 Å². The lowest BCUT2D eigenvalue weighted by Gasteiger charge is -2.14. The van der Waals surface area contributed by atoms with Crippen LogP contribution in [0.2, 0.25) is 0 Å². The van der Waals surface area contributed by atoms with E-state index in [-0.39, 0.29) is 5.56 Å². The van der Waals surface area contributed by atoms with Crippen LogP contribution in [0, 0.1) is 11.6 Å². The van der Waals surface area contributed by atoms with Crippen molar-refractivity contribution in [2.75, 3.05) is 0 Å². The molecular formula is C16H12F2N2O2. The van der Waals surface area contributed by atoms with Crippen molar-refractivity contribution in [3.63, 3.8) is 0 Å². The van der Waals surface area contributed by atoms with E-state index in [1.165, 1.54) is 36.7 Å². The summed E-state index contributed by atoms with van der Waals surface area (Å²) >= 11 is 0. The molecule has 0 spiro atoms. The van der Waals surface area contributed by atoms with Gasteiger partial charge in [-0.25, -0.2) is 18.6 Å². The third kappa shape index (κ3) is 2.67. The summed E-state index contributed by atoms with van der Waals surface area (Å²) in [7, 11) is 0. The van der Waals surface area contributed by atoms with Crippen molar-refractivity contribution in [2.24, 2.45) is 0 Å². The predicted molar refractivity (Wildman–Crippen MR) is 76.3 cm³/mol. The molecule has 0 aliphatic rings. The van der Waals surface area contributed by atoms with Crippen molar-refractivity contribution in [3.8, 4) is 0 Å². The Hall–Kier alpha value is -2.76. The van der Waals surface area contributed by atoms with Crippen molar-refractivity contribution in [1.29, 1.82) is 0 Å². The summed E-state index contributed by atoms with van der Waals surface area (Å²) in [5, 5.41) is 0. The van der Waals surface area contributed by atoms with Gasteiger partial charge in [-0.2, -0.15) is 0 Å². The van der Waals surface area contributed by atoms with Gasteiger partial charge in [0.05, 0.1) is 22.9 Å². The molecule has 0 aliphatic carbocycles. The lowest BCUT2D eigenvalue weighted by atomic mass is 10.1. The smallest absolute Gasteiger partial charge is 0.341 e. The van der Waals surface area contributed by atoms with Crippen LogP contribution in [0.3, 0.4) is 0 Å². The van der Waals surface area contributed by atoms with E-state index in [1.54, 1.807) is 13.0 Å². The number of halogens is 2. The monoisotopic (exact) mass is 302 g/mol. The number of carbonyl (C=O) groups excluding carboxylic acids is 1. The van der Waals surface area contributed by atoms with E-state index >= 15 is 0 Å². The number of aromatic nitrogens is 2. The van der Waals surface area contributed by atoms with Gasteiger partial charge >= 0.3 is 5.97 Å². The minimum absolute atomic E-state index is 0.206. The van der Waals surface area contributed by atoms with Gasteiger partial charge in [0.15, 0.2) is 0 Å². The van der Waals surface area contributed by atoms with E-state index in [0.29, 0.717) is 16.6 Å². The van der Waals surface area contributed by atoms with Gasteiger partial charge in [0, 0.05) is 6.07 Å². The fourth-order valence-corrected chi connectivity index (χ4v) is 2.16. The maximum Gasteiger partial charge on any atom is 0.341 e. The molecule has 1 heterocycles. The summed E-state index contributed by atoms with van der Waals surface area (Å²) in [5.74, 6) is -1.95. The molecule has 3 aromatic rings. The van der Waals surface area contributed by atoms with Crippen LogP contribution >= 0.6 is 0 Å². The van der Waals surface area contributed by atoms with Crippen LogP contribution in [0.15, 0.2) is 42.7 Å². The van der Waals surface area contributed by atoms with Crippen molar-refractivity contribution >= 4 is 17.0 Å². The topological polar surface area (TPSA) is 55.0 Å². The van der Waals surface area contributed by atoms with Gasteiger partial charge in [-0.3, -0.25) is 0 Å². The Morgan fingerprint density at radius 3 is 2.86 bits per heavy atom. The Bertz CT molecular complexity index is 845. The molecule has 0 amide bonds. The number of ether oxygens (including phenoxy) is 1. The largest absolute Gasteiger partial charge is 0.454 e. The quantitative estimate of drug-likeness (QED) is 0.749. The summed E-state index contributed by atoms with van der Waals surface area (Å²) in [4.78, 5) is 18.8. The number of nitrogens with zero attached hydrogens (tertiary/aromatic N) is 1. The molecule has 0 aliphatic heterocycles. The first-order chi connectivity index (χ1) is 10.5. The van der Waals surface area contributed by atoms with Crippen LogP contribution in [0.25, 0.3) is 11.0 Å². The highest BCUT2D eigenvalue weighted by molar-refractivity contribution is 5.94. The molecule has 22 heavy (non-hydrogen) atoms. The van der Waals surface area contributed by atoms with Gasteiger partial charge in [0.25, 0.3) is 0 Å². The van der Waals surface area contributed by atoms with Gasteiger partial charge in [0.1, 0.15) is 17.7 Å². The number of carbonyl (C=O) groups is 1. The zero-order valence-corrected chi connectivity index (χ0v) is 11.6. The molecular weight excluding hydrogens is 290 g/mol. The summed E-state index contributed by atoms with van der Waals surface area (Å²) < 4.78 is 32.3. The second-order valence-electron chi connectivity index (χ2n) is 4.85. The molecule has 0 bridgehead atoms. The van der Waals surface area contributed by atoms with Crippen molar-refractivity contribution in [3.05, 3.63) is 65.5 Å². The minimum Gasteiger partial charge on any atom is -0.454 e. The van der Waals surface area contributed by atoms with Gasteiger partial charge in [-0.15, -0.1) is 0 Å². The van der Waals surface area contributed by atoms with E-state index in [1.807, 2.05) is 0 Å². The van der Waals surface area contributed by atoms with E-state index in [9.17, 15) is 13.6 Å². The first kappa shape index (κ1) is 14.2. The average molecular weight is 302 g/mol. The van der Waals surface area contributed by atoms with E-state index < -0.39 is 23.7 Å². The standard InChI is InChI=1S/C16H12F2N2O2/c1-9(10-3-2-4-11(17)5-10)22-16(21)12-6-14-15(7-13(12)18)20-8-19-14/h2-9H,1H3,(H,19,20)/t9-/m1/s1. The highest BCUT2D eigenvalue weighted by Gasteiger charge is 2.19. The lowest BCUT2D eigenvalue weighted by Crippen LogP contribution is -2.11. The molecule has 1 N–H and O–H groups in total. The molecule has 6 heteroatoms. The van der Waals surface area contributed by atoms with Gasteiger partial charge in [0.2, 0.25) is 0 Å². The third-order valence-corrected chi connectivity index (χ3v) is 3.33. The molecule has 0 saturated carbocycles. The van der Waals surface area contributed by atoms with Gasteiger partial charge in [-0.1, -0.05) is 12.1 Å². The summed E-state index contributed by atoms with van der Waals surface area (Å²) in [6.45, 7) is 1.59. The van der Waals surface area contributed by atoms with Crippen molar-refractivity contribution < 1.29 is 18.3 Å². The molecule has 3 rings (SSSR count). The highest BCUT2D eigenvalue weighted by atomic mass is 19.1. The molecule has 112 valence electrons. The number of hydrogen-bond acceptors (Lipinski definition) is 3. The number of nitrogens with one attached hydrogen (secondary N) is 1. The Labute approximate surface area is 124 Å². The SMILES string of the molecule is C[C@@H](OC(=O)c1cc2nc[nH]c2cc1F)c1cccc(F)c1. The zero-order valence-electron chi connectivity index (χ0n) is 11.6.